The van der Waals surface area contributed by atoms with Gasteiger partial charge >= 0.3 is 0 Å². The quantitative estimate of drug-likeness (QED) is 0.529. The lowest BCUT2D eigenvalue weighted by Crippen LogP contribution is -2.15. The Balaban J connectivity index is 2.12. The van der Waals surface area contributed by atoms with Gasteiger partial charge in [0, 0.05) is 0 Å². The van der Waals surface area contributed by atoms with Crippen molar-refractivity contribution in [3.63, 3.8) is 0 Å². The molecule has 0 heterocycles. The second-order valence-electron chi connectivity index (χ2n) is 5.29. The number of benzene rings is 3. The summed E-state index contributed by atoms with van der Waals surface area (Å²) < 4.78 is 0. The monoisotopic (exact) mass is 317 g/mol. The highest BCUT2D eigenvalue weighted by Gasteiger charge is 2.16. The van der Waals surface area contributed by atoms with Gasteiger partial charge in [-0.15, -0.1) is 0 Å². The summed E-state index contributed by atoms with van der Waals surface area (Å²) in [6.45, 7) is 1.97. The van der Waals surface area contributed by atoms with E-state index >= 15 is 0 Å². The van der Waals surface area contributed by atoms with Gasteiger partial charge in [0.25, 0.3) is 0 Å². The number of allylic oxidation sites excluding steroid dienone is 1. The summed E-state index contributed by atoms with van der Waals surface area (Å²) in [4.78, 5) is 0. The molecular weight excluding hydrogens is 299 g/mol. The van der Waals surface area contributed by atoms with Gasteiger partial charge in [0.15, 0.2) is 0 Å². The maximum atomic E-state index is 12.9. The zero-order valence-electron chi connectivity index (χ0n) is 13.0. The van der Waals surface area contributed by atoms with Gasteiger partial charge in [-0.05, 0) is 36.3 Å². The summed E-state index contributed by atoms with van der Waals surface area (Å²) >= 11 is 0. The van der Waals surface area contributed by atoms with Crippen LogP contribution in [0, 0.1) is 0 Å². The van der Waals surface area contributed by atoms with Crippen molar-refractivity contribution in [1.29, 1.82) is 0 Å². The van der Waals surface area contributed by atoms with E-state index in [9.17, 15) is 5.11 Å². The van der Waals surface area contributed by atoms with Crippen molar-refractivity contribution in [1.82, 2.24) is 0 Å². The molecule has 0 atom stereocenters. The maximum Gasteiger partial charge on any atom is -0.0154 e. The normalized spacial score (nSPS) is 12.1. The van der Waals surface area contributed by atoms with Gasteiger partial charge in [0.05, 0.1) is 0 Å². The molecule has 2 heteroatoms. The molecule has 0 aromatic heterocycles. The van der Waals surface area contributed by atoms with Crippen LogP contribution in [0.4, 0.5) is 0 Å². The Kier molecular flexibility index (Phi) is 4.90. The van der Waals surface area contributed by atoms with Crippen LogP contribution in [0.2, 0.25) is 0 Å². The number of hydrogen-bond acceptors (Lipinski definition) is 1. The van der Waals surface area contributed by atoms with E-state index in [0.29, 0.717) is 0 Å². The molecule has 3 rings (SSSR count). The molecule has 0 unspecified atom stereocenters. The van der Waals surface area contributed by atoms with Gasteiger partial charge in [0.1, 0.15) is 0 Å². The van der Waals surface area contributed by atoms with Crippen molar-refractivity contribution in [2.24, 2.45) is 0 Å². The lowest BCUT2D eigenvalue weighted by atomic mass is 10.2. The Bertz CT molecular complexity index is 740. The zero-order chi connectivity index (χ0) is 16.1. The van der Waals surface area contributed by atoms with Crippen molar-refractivity contribution < 1.29 is 5.11 Å². The largest absolute Gasteiger partial charge is 0.872 e. The molecule has 0 saturated heterocycles. The van der Waals surface area contributed by atoms with Gasteiger partial charge in [0.2, 0.25) is 0 Å². The summed E-state index contributed by atoms with van der Waals surface area (Å²) in [6, 6.07) is 30.1. The highest BCUT2D eigenvalue weighted by Crippen LogP contribution is 2.44. The van der Waals surface area contributed by atoms with E-state index < -0.39 is 7.92 Å². The van der Waals surface area contributed by atoms with Crippen molar-refractivity contribution in [3.05, 3.63) is 102 Å². The van der Waals surface area contributed by atoms with E-state index in [1.165, 1.54) is 10.6 Å². The molecule has 0 aliphatic carbocycles. The standard InChI is InChI=1S/C21H19OP/c1-17(21(22)18-11-5-2-6-12-18)23(19-13-7-3-8-14-19)20-15-9-4-10-16-20/h2-16,22H,1H3/p-1/b21-17+. The summed E-state index contributed by atoms with van der Waals surface area (Å²) in [5.41, 5.74) is 0.754. The van der Waals surface area contributed by atoms with Crippen LogP contribution >= 0.6 is 7.92 Å². The molecule has 0 amide bonds. The first-order valence-electron chi connectivity index (χ1n) is 7.61. The molecule has 0 saturated carbocycles. The van der Waals surface area contributed by atoms with E-state index in [0.717, 1.165) is 10.9 Å². The fourth-order valence-electron chi connectivity index (χ4n) is 2.59. The van der Waals surface area contributed by atoms with Crippen LogP contribution in [-0.4, -0.2) is 0 Å². The summed E-state index contributed by atoms with van der Waals surface area (Å²) in [6.07, 6.45) is 0. The zero-order valence-corrected chi connectivity index (χ0v) is 13.9. The second kappa shape index (κ2) is 7.26. The Labute approximate surface area is 138 Å². The van der Waals surface area contributed by atoms with E-state index in [1.807, 2.05) is 73.7 Å². The van der Waals surface area contributed by atoms with Gasteiger partial charge in [-0.1, -0.05) is 96.8 Å². The van der Waals surface area contributed by atoms with Crippen LogP contribution in [0.1, 0.15) is 12.5 Å². The molecule has 0 radical (unpaired) electrons. The lowest BCUT2D eigenvalue weighted by molar-refractivity contribution is -0.244. The maximum absolute atomic E-state index is 12.9. The molecule has 23 heavy (non-hydrogen) atoms. The molecule has 3 aromatic rings. The molecule has 0 N–H and O–H groups in total. The highest BCUT2D eigenvalue weighted by molar-refractivity contribution is 7.76. The molecular formula is C21H18OP-. The Morgan fingerprint density at radius 1 is 0.652 bits per heavy atom. The average Bonchev–Trinajstić information content (AvgIpc) is 2.64. The predicted octanol–water partition coefficient (Wildman–Crippen LogP) is 3.87. The van der Waals surface area contributed by atoms with Crippen molar-refractivity contribution in [2.75, 3.05) is 0 Å². The molecule has 3 aromatic carbocycles. The fourth-order valence-corrected chi connectivity index (χ4v) is 4.94. The Morgan fingerprint density at radius 2 is 1.04 bits per heavy atom. The van der Waals surface area contributed by atoms with Crippen LogP contribution in [0.25, 0.3) is 5.76 Å². The van der Waals surface area contributed by atoms with Gasteiger partial charge < -0.3 is 5.11 Å². The van der Waals surface area contributed by atoms with Crippen LogP contribution in [0.5, 0.6) is 0 Å². The third-order valence-corrected chi connectivity index (χ3v) is 6.23. The molecule has 0 fully saturated rings. The van der Waals surface area contributed by atoms with E-state index in [1.54, 1.807) is 0 Å². The molecule has 1 nitrogen and oxygen atoms in total. The molecule has 0 bridgehead atoms. The first-order chi connectivity index (χ1) is 11.3. The van der Waals surface area contributed by atoms with Crippen LogP contribution < -0.4 is 15.7 Å². The minimum atomic E-state index is -0.808. The van der Waals surface area contributed by atoms with Gasteiger partial charge in [-0.3, -0.25) is 0 Å². The predicted molar refractivity (Wildman–Crippen MR) is 98.1 cm³/mol. The first kappa shape index (κ1) is 15.5. The van der Waals surface area contributed by atoms with Crippen molar-refractivity contribution in [2.45, 2.75) is 6.92 Å². The SMILES string of the molecule is C/C(=C(\[O-])c1ccccc1)P(c1ccccc1)c1ccccc1. The minimum Gasteiger partial charge on any atom is -0.872 e. The van der Waals surface area contributed by atoms with Gasteiger partial charge in [-0.25, -0.2) is 0 Å². The van der Waals surface area contributed by atoms with E-state index in [-0.39, 0.29) is 5.76 Å². The summed E-state index contributed by atoms with van der Waals surface area (Å²) in [7, 11) is -0.808. The lowest BCUT2D eigenvalue weighted by Gasteiger charge is -2.26. The third-order valence-electron chi connectivity index (χ3n) is 3.73. The van der Waals surface area contributed by atoms with E-state index in [2.05, 4.69) is 24.3 Å². The van der Waals surface area contributed by atoms with Gasteiger partial charge in [-0.2, -0.15) is 0 Å². The first-order valence-corrected chi connectivity index (χ1v) is 8.95. The molecule has 114 valence electrons. The number of rotatable bonds is 4. The summed E-state index contributed by atoms with van der Waals surface area (Å²) in [5.74, 6) is 0.129. The van der Waals surface area contributed by atoms with Crippen LogP contribution in [0.15, 0.2) is 96.3 Å². The van der Waals surface area contributed by atoms with Crippen molar-refractivity contribution in [3.8, 4) is 0 Å². The average molecular weight is 317 g/mol. The summed E-state index contributed by atoms with van der Waals surface area (Å²) in [5, 5.41) is 16.2. The molecule has 0 aliphatic rings. The Hall–Kier alpha value is -2.37. The van der Waals surface area contributed by atoms with E-state index in [4.69, 9.17) is 0 Å². The Morgan fingerprint density at radius 3 is 1.48 bits per heavy atom. The van der Waals surface area contributed by atoms with Crippen LogP contribution in [-0.2, 0) is 0 Å². The third kappa shape index (κ3) is 3.52. The topological polar surface area (TPSA) is 23.1 Å². The minimum absolute atomic E-state index is 0.129. The molecule has 0 aliphatic heterocycles. The number of hydrogen-bond donors (Lipinski definition) is 0. The fraction of sp³-hybridized carbons (Fsp3) is 0.0476. The second-order valence-corrected chi connectivity index (χ2v) is 7.66. The smallest absolute Gasteiger partial charge is 0.0154 e. The van der Waals surface area contributed by atoms with Crippen molar-refractivity contribution >= 4 is 24.3 Å². The van der Waals surface area contributed by atoms with Crippen LogP contribution in [0.3, 0.4) is 0 Å². The molecule has 0 spiro atoms. The highest BCUT2D eigenvalue weighted by atomic mass is 31.1.